The van der Waals surface area contributed by atoms with Crippen LogP contribution < -0.4 is 4.90 Å². The maximum atomic E-state index is 14.3. The van der Waals surface area contributed by atoms with Gasteiger partial charge in [0.1, 0.15) is 5.82 Å². The van der Waals surface area contributed by atoms with Gasteiger partial charge in [0.2, 0.25) is 10.8 Å². The fourth-order valence-electron chi connectivity index (χ4n) is 4.25. The van der Waals surface area contributed by atoms with Crippen molar-refractivity contribution in [3.8, 4) is 5.88 Å². The first-order valence-electron chi connectivity index (χ1n) is 10.6. The fraction of sp³-hybridized carbons (Fsp3) is 0.304. The number of fused-ring (bicyclic) bond motifs is 1. The largest absolute Gasteiger partial charge is 0.492 e. The lowest BCUT2D eigenvalue weighted by atomic mass is 10.0. The molecule has 0 amide bonds. The minimum absolute atomic E-state index is 0.0960. The summed E-state index contributed by atoms with van der Waals surface area (Å²) in [6, 6.07) is 14.3. The van der Waals surface area contributed by atoms with Gasteiger partial charge in [-0.25, -0.2) is 9.37 Å². The summed E-state index contributed by atoms with van der Waals surface area (Å²) in [7, 11) is 0. The number of para-hydroxylation sites is 1. The van der Waals surface area contributed by atoms with Gasteiger partial charge >= 0.3 is 0 Å². The molecule has 1 N–H and O–H groups in total. The number of aryl methyl sites for hydroxylation is 1. The topological polar surface area (TPSA) is 56.9 Å². The van der Waals surface area contributed by atoms with Crippen LogP contribution in [0.15, 0.2) is 48.5 Å². The summed E-state index contributed by atoms with van der Waals surface area (Å²) in [4.78, 5) is 10.3. The molecule has 0 aliphatic carbocycles. The van der Waals surface area contributed by atoms with Gasteiger partial charge in [-0.3, -0.25) is 4.90 Å². The van der Waals surface area contributed by atoms with Crippen molar-refractivity contribution in [1.82, 2.24) is 19.5 Å². The number of halogens is 2. The van der Waals surface area contributed by atoms with Crippen molar-refractivity contribution < 1.29 is 9.50 Å². The second kappa shape index (κ2) is 8.69. The van der Waals surface area contributed by atoms with Crippen LogP contribution in [0.5, 0.6) is 5.88 Å². The Morgan fingerprint density at radius 1 is 1.09 bits per heavy atom. The summed E-state index contributed by atoms with van der Waals surface area (Å²) >= 11 is 8.03. The number of anilines is 1. The van der Waals surface area contributed by atoms with Crippen LogP contribution in [0.4, 0.5) is 10.1 Å². The lowest BCUT2D eigenvalue weighted by molar-refractivity contribution is 0.210. The van der Waals surface area contributed by atoms with E-state index in [1.165, 1.54) is 21.9 Å². The molecule has 2 aromatic heterocycles. The summed E-state index contributed by atoms with van der Waals surface area (Å²) in [5.74, 6) is 0.586. The number of rotatable bonds is 5. The minimum Gasteiger partial charge on any atom is -0.492 e. The third kappa shape index (κ3) is 3.72. The molecule has 32 heavy (non-hydrogen) atoms. The van der Waals surface area contributed by atoms with Crippen LogP contribution in [-0.2, 0) is 6.42 Å². The first-order valence-corrected chi connectivity index (χ1v) is 11.8. The van der Waals surface area contributed by atoms with Crippen LogP contribution in [0.3, 0.4) is 0 Å². The highest BCUT2D eigenvalue weighted by Gasteiger charge is 2.33. The quantitative estimate of drug-likeness (QED) is 0.454. The van der Waals surface area contributed by atoms with E-state index in [4.69, 9.17) is 11.6 Å². The average molecular weight is 472 g/mol. The molecule has 3 heterocycles. The SMILES string of the molecule is CCc1nc2sc([C@H](c3ccccc3Cl)N3CCN(c4ccccc4F)CC3)c(O)n2n1. The first kappa shape index (κ1) is 21.2. The second-order valence-electron chi connectivity index (χ2n) is 7.76. The molecule has 5 rings (SSSR count). The van der Waals surface area contributed by atoms with Crippen molar-refractivity contribution in [2.24, 2.45) is 0 Å². The lowest BCUT2D eigenvalue weighted by Crippen LogP contribution is -2.48. The Balaban J connectivity index is 1.50. The third-order valence-electron chi connectivity index (χ3n) is 5.88. The standard InChI is InChI=1S/C23H23ClFN5OS/c1-2-19-26-23-30(27-19)22(31)21(32-23)20(15-7-3-4-8-16(15)24)29-13-11-28(12-14-29)18-10-6-5-9-17(18)25/h3-10,20,31H,2,11-14H2,1H3/t20-/m0/s1. The van der Waals surface area contributed by atoms with Crippen molar-refractivity contribution in [1.29, 1.82) is 0 Å². The molecular formula is C23H23ClFN5OS. The van der Waals surface area contributed by atoms with E-state index in [0.717, 1.165) is 10.4 Å². The van der Waals surface area contributed by atoms with E-state index in [0.29, 0.717) is 54.1 Å². The van der Waals surface area contributed by atoms with Crippen molar-refractivity contribution in [2.75, 3.05) is 31.1 Å². The van der Waals surface area contributed by atoms with Crippen molar-refractivity contribution in [3.05, 3.63) is 75.6 Å². The molecule has 0 unspecified atom stereocenters. The molecule has 2 aromatic carbocycles. The molecule has 0 bridgehead atoms. The van der Waals surface area contributed by atoms with Crippen LogP contribution in [0.25, 0.3) is 4.96 Å². The fourth-order valence-corrected chi connectivity index (χ4v) is 5.61. The van der Waals surface area contributed by atoms with Crippen LogP contribution in [0.2, 0.25) is 5.02 Å². The summed E-state index contributed by atoms with van der Waals surface area (Å²) in [6.07, 6.45) is 0.703. The molecule has 1 fully saturated rings. The van der Waals surface area contributed by atoms with E-state index < -0.39 is 0 Å². The van der Waals surface area contributed by atoms with Gasteiger partial charge in [-0.05, 0) is 23.8 Å². The highest BCUT2D eigenvalue weighted by Crippen LogP contribution is 2.42. The van der Waals surface area contributed by atoms with Gasteiger partial charge in [0.25, 0.3) is 0 Å². The van der Waals surface area contributed by atoms with Gasteiger partial charge in [0.05, 0.1) is 16.6 Å². The Hall–Kier alpha value is -2.68. The molecule has 4 aromatic rings. The summed E-state index contributed by atoms with van der Waals surface area (Å²) in [5, 5.41) is 16.1. The van der Waals surface area contributed by atoms with Crippen molar-refractivity contribution >= 4 is 33.6 Å². The molecule has 0 radical (unpaired) electrons. The van der Waals surface area contributed by atoms with E-state index in [-0.39, 0.29) is 17.7 Å². The smallest absolute Gasteiger partial charge is 0.230 e. The maximum Gasteiger partial charge on any atom is 0.230 e. The van der Waals surface area contributed by atoms with E-state index in [1.54, 1.807) is 6.07 Å². The third-order valence-corrected chi connectivity index (χ3v) is 7.30. The maximum absolute atomic E-state index is 14.3. The highest BCUT2D eigenvalue weighted by atomic mass is 35.5. The van der Waals surface area contributed by atoms with Crippen molar-refractivity contribution in [3.63, 3.8) is 0 Å². The number of nitrogens with zero attached hydrogens (tertiary/aromatic N) is 5. The molecule has 1 atom stereocenters. The second-order valence-corrected chi connectivity index (χ2v) is 9.18. The zero-order valence-corrected chi connectivity index (χ0v) is 19.2. The monoisotopic (exact) mass is 471 g/mol. The van der Waals surface area contributed by atoms with Gasteiger partial charge < -0.3 is 10.0 Å². The predicted octanol–water partition coefficient (Wildman–Crippen LogP) is 4.76. The number of hydrogen-bond acceptors (Lipinski definition) is 6. The number of piperazine rings is 1. The molecule has 0 saturated carbocycles. The molecule has 0 spiro atoms. The molecule has 1 saturated heterocycles. The Morgan fingerprint density at radius 3 is 2.50 bits per heavy atom. The van der Waals surface area contributed by atoms with E-state index >= 15 is 0 Å². The number of aromatic hydroxyl groups is 1. The highest BCUT2D eigenvalue weighted by molar-refractivity contribution is 7.17. The molecule has 9 heteroatoms. The molecule has 6 nitrogen and oxygen atoms in total. The van der Waals surface area contributed by atoms with E-state index in [9.17, 15) is 9.50 Å². The van der Waals surface area contributed by atoms with Gasteiger partial charge in [0.15, 0.2) is 5.82 Å². The normalized spacial score (nSPS) is 16.0. The number of hydrogen-bond donors (Lipinski definition) is 1. The molecule has 166 valence electrons. The summed E-state index contributed by atoms with van der Waals surface area (Å²) in [5.41, 5.74) is 1.54. The van der Waals surface area contributed by atoms with Crippen LogP contribution in [-0.4, -0.2) is 50.8 Å². The number of aromatic nitrogens is 3. The first-order chi connectivity index (χ1) is 15.6. The minimum atomic E-state index is -0.245. The zero-order chi connectivity index (χ0) is 22.2. The van der Waals surface area contributed by atoms with Gasteiger partial charge in [-0.1, -0.05) is 60.2 Å². The summed E-state index contributed by atoms with van der Waals surface area (Å²) in [6.45, 7) is 4.71. The number of thiazole rings is 1. The Kier molecular flexibility index (Phi) is 5.75. The molecular weight excluding hydrogens is 449 g/mol. The van der Waals surface area contributed by atoms with Crippen LogP contribution in [0.1, 0.15) is 29.2 Å². The van der Waals surface area contributed by atoms with E-state index in [1.807, 2.05) is 43.3 Å². The van der Waals surface area contributed by atoms with E-state index in [2.05, 4.69) is 19.9 Å². The Morgan fingerprint density at radius 2 is 1.81 bits per heavy atom. The zero-order valence-electron chi connectivity index (χ0n) is 17.6. The number of benzene rings is 2. The molecule has 1 aliphatic heterocycles. The van der Waals surface area contributed by atoms with Crippen LogP contribution >= 0.6 is 22.9 Å². The van der Waals surface area contributed by atoms with Gasteiger partial charge in [-0.15, -0.1) is 5.10 Å². The van der Waals surface area contributed by atoms with Gasteiger partial charge in [-0.2, -0.15) is 4.52 Å². The Bertz CT molecular complexity index is 1250. The lowest BCUT2D eigenvalue weighted by Gasteiger charge is -2.40. The summed E-state index contributed by atoms with van der Waals surface area (Å²) < 4.78 is 15.8. The van der Waals surface area contributed by atoms with Crippen molar-refractivity contribution in [2.45, 2.75) is 19.4 Å². The van der Waals surface area contributed by atoms with Crippen LogP contribution in [0, 0.1) is 5.82 Å². The predicted molar refractivity (Wildman–Crippen MR) is 125 cm³/mol. The molecule has 1 aliphatic rings. The Labute approximate surface area is 194 Å². The van der Waals surface area contributed by atoms with Gasteiger partial charge in [0, 0.05) is 37.6 Å². The average Bonchev–Trinajstić information content (AvgIpc) is 3.35.